The predicted molar refractivity (Wildman–Crippen MR) is 53.4 cm³/mol. The van der Waals surface area contributed by atoms with Crippen LogP contribution >= 0.6 is 0 Å². The molecule has 2 rings (SSSR count). The van der Waals surface area contributed by atoms with Crippen LogP contribution in [0.25, 0.3) is 10.9 Å². The van der Waals surface area contributed by atoms with Crippen molar-refractivity contribution in [1.82, 2.24) is 4.68 Å². The summed E-state index contributed by atoms with van der Waals surface area (Å²) in [5.74, 6) is 5.37. The number of pyridine rings is 1. The zero-order chi connectivity index (χ0) is 11.9. The van der Waals surface area contributed by atoms with Gasteiger partial charge in [0, 0.05) is 11.5 Å². The second kappa shape index (κ2) is 3.26. The summed E-state index contributed by atoms with van der Waals surface area (Å²) in [5.41, 5.74) is -1.79. The van der Waals surface area contributed by atoms with Gasteiger partial charge in [0.25, 0.3) is 5.56 Å². The maximum absolute atomic E-state index is 12.6. The number of para-hydroxylation sites is 1. The molecular weight excluding hydrogens is 221 g/mol. The van der Waals surface area contributed by atoms with E-state index in [1.165, 1.54) is 24.3 Å². The van der Waals surface area contributed by atoms with Crippen LogP contribution in [0.15, 0.2) is 35.1 Å². The van der Waals surface area contributed by atoms with Crippen LogP contribution in [-0.2, 0) is 6.18 Å². The molecule has 0 saturated heterocycles. The Kier molecular flexibility index (Phi) is 2.15. The second-order valence-corrected chi connectivity index (χ2v) is 3.28. The van der Waals surface area contributed by atoms with Crippen molar-refractivity contribution < 1.29 is 13.2 Å². The Morgan fingerprint density at radius 1 is 1.19 bits per heavy atom. The molecule has 0 bridgehead atoms. The first kappa shape index (κ1) is 10.5. The topological polar surface area (TPSA) is 48.0 Å². The Morgan fingerprint density at radius 3 is 2.44 bits per heavy atom. The number of nitrogens with two attached hydrogens (primary N) is 1. The summed E-state index contributed by atoms with van der Waals surface area (Å²) in [6, 6.07) is 6.13. The molecule has 0 aliphatic rings. The smallest absolute Gasteiger partial charge is 0.336 e. The summed E-state index contributed by atoms with van der Waals surface area (Å²) in [4.78, 5) is 11.2. The number of nitrogen functional groups attached to an aromatic ring is 1. The van der Waals surface area contributed by atoms with Crippen molar-refractivity contribution in [3.8, 4) is 0 Å². The molecule has 0 radical (unpaired) electrons. The molecule has 3 nitrogen and oxygen atoms in total. The molecule has 0 aliphatic carbocycles. The number of hydrogen-bond acceptors (Lipinski definition) is 2. The van der Waals surface area contributed by atoms with E-state index >= 15 is 0 Å². The molecule has 2 aromatic rings. The van der Waals surface area contributed by atoms with E-state index in [4.69, 9.17) is 5.84 Å². The van der Waals surface area contributed by atoms with Crippen molar-refractivity contribution in [2.45, 2.75) is 6.18 Å². The molecule has 0 saturated carbocycles. The van der Waals surface area contributed by atoms with Crippen LogP contribution in [-0.4, -0.2) is 4.68 Å². The molecule has 84 valence electrons. The highest BCUT2D eigenvalue weighted by Gasteiger charge is 2.33. The van der Waals surface area contributed by atoms with E-state index in [2.05, 4.69) is 0 Å². The lowest BCUT2D eigenvalue weighted by Gasteiger charge is -2.11. The van der Waals surface area contributed by atoms with E-state index in [1.807, 2.05) is 0 Å². The van der Waals surface area contributed by atoms with Crippen molar-refractivity contribution in [2.75, 3.05) is 5.84 Å². The van der Waals surface area contributed by atoms with Crippen molar-refractivity contribution in [3.05, 3.63) is 46.2 Å². The van der Waals surface area contributed by atoms with Gasteiger partial charge in [0.05, 0.1) is 11.1 Å². The third-order valence-corrected chi connectivity index (χ3v) is 2.26. The monoisotopic (exact) mass is 228 g/mol. The third-order valence-electron chi connectivity index (χ3n) is 2.26. The van der Waals surface area contributed by atoms with E-state index in [9.17, 15) is 18.0 Å². The minimum absolute atomic E-state index is 0.0577. The first-order chi connectivity index (χ1) is 7.41. The lowest BCUT2D eigenvalue weighted by atomic mass is 10.1. The van der Waals surface area contributed by atoms with Gasteiger partial charge in [-0.1, -0.05) is 18.2 Å². The number of aromatic nitrogens is 1. The highest BCUT2D eigenvalue weighted by Crippen LogP contribution is 2.33. The molecule has 0 atom stereocenters. The van der Waals surface area contributed by atoms with Gasteiger partial charge in [-0.25, -0.2) is 4.68 Å². The lowest BCUT2D eigenvalue weighted by Crippen LogP contribution is -2.28. The van der Waals surface area contributed by atoms with Gasteiger partial charge in [-0.3, -0.25) is 4.79 Å². The van der Waals surface area contributed by atoms with Crippen LogP contribution in [0.1, 0.15) is 5.56 Å². The Labute approximate surface area is 87.9 Å². The number of fused-ring (bicyclic) bond motifs is 1. The number of benzene rings is 1. The van der Waals surface area contributed by atoms with Crippen molar-refractivity contribution in [3.63, 3.8) is 0 Å². The molecule has 2 N–H and O–H groups in total. The van der Waals surface area contributed by atoms with Crippen LogP contribution in [0, 0.1) is 0 Å². The Balaban J connectivity index is 2.97. The summed E-state index contributed by atoms with van der Waals surface area (Å²) < 4.78 is 38.6. The maximum Gasteiger partial charge on any atom is 0.417 e. The first-order valence-electron chi connectivity index (χ1n) is 4.38. The first-order valence-corrected chi connectivity index (χ1v) is 4.38. The SMILES string of the molecule is Nn1c(=O)cc(C(F)(F)F)c2ccccc21. The molecule has 1 aromatic heterocycles. The van der Waals surface area contributed by atoms with Crippen molar-refractivity contribution in [1.29, 1.82) is 0 Å². The minimum atomic E-state index is -4.56. The highest BCUT2D eigenvalue weighted by molar-refractivity contribution is 5.83. The normalized spacial score (nSPS) is 11.9. The van der Waals surface area contributed by atoms with E-state index < -0.39 is 17.3 Å². The van der Waals surface area contributed by atoms with Gasteiger partial charge in [-0.2, -0.15) is 13.2 Å². The summed E-state index contributed by atoms with van der Waals surface area (Å²) in [7, 11) is 0. The molecule has 0 spiro atoms. The molecule has 0 fully saturated rings. The standard InChI is InChI=1S/C10H7F3N2O/c11-10(12,13)7-5-9(16)15(14)8-4-2-1-3-6(7)8/h1-5H,14H2. The molecule has 0 amide bonds. The number of rotatable bonds is 0. The lowest BCUT2D eigenvalue weighted by molar-refractivity contribution is -0.136. The molecule has 0 aliphatic heterocycles. The average molecular weight is 228 g/mol. The molecule has 1 aromatic carbocycles. The van der Waals surface area contributed by atoms with Gasteiger partial charge in [-0.15, -0.1) is 0 Å². The molecule has 6 heteroatoms. The quantitative estimate of drug-likeness (QED) is 0.698. The van der Waals surface area contributed by atoms with Gasteiger partial charge in [-0.05, 0) is 6.07 Å². The van der Waals surface area contributed by atoms with Crippen molar-refractivity contribution in [2.24, 2.45) is 0 Å². The van der Waals surface area contributed by atoms with E-state index in [0.717, 1.165) is 0 Å². The van der Waals surface area contributed by atoms with E-state index in [0.29, 0.717) is 10.7 Å². The van der Waals surface area contributed by atoms with Crippen LogP contribution in [0.3, 0.4) is 0 Å². The number of nitrogens with zero attached hydrogens (tertiary/aromatic N) is 1. The zero-order valence-electron chi connectivity index (χ0n) is 7.95. The molecule has 16 heavy (non-hydrogen) atoms. The Hall–Kier alpha value is -1.98. The van der Waals surface area contributed by atoms with Gasteiger partial charge in [0.2, 0.25) is 0 Å². The molecule has 0 unspecified atom stereocenters. The Bertz CT molecular complexity index is 601. The van der Waals surface area contributed by atoms with Crippen molar-refractivity contribution >= 4 is 10.9 Å². The van der Waals surface area contributed by atoms with Gasteiger partial charge < -0.3 is 5.84 Å². The average Bonchev–Trinajstić information content (AvgIpc) is 2.22. The van der Waals surface area contributed by atoms with Crippen LogP contribution < -0.4 is 11.4 Å². The maximum atomic E-state index is 12.6. The third kappa shape index (κ3) is 1.52. The van der Waals surface area contributed by atoms with E-state index in [-0.39, 0.29) is 10.9 Å². The zero-order valence-corrected chi connectivity index (χ0v) is 7.95. The fourth-order valence-electron chi connectivity index (χ4n) is 1.54. The van der Waals surface area contributed by atoms with Crippen LogP contribution in [0.2, 0.25) is 0 Å². The summed E-state index contributed by atoms with van der Waals surface area (Å²) in [6.07, 6.45) is -4.56. The minimum Gasteiger partial charge on any atom is -0.336 e. The fourth-order valence-corrected chi connectivity index (χ4v) is 1.54. The molecule has 1 heterocycles. The van der Waals surface area contributed by atoms with Gasteiger partial charge in [0.1, 0.15) is 0 Å². The largest absolute Gasteiger partial charge is 0.417 e. The molecular formula is C10H7F3N2O. The number of halogens is 3. The van der Waals surface area contributed by atoms with Gasteiger partial charge in [0.15, 0.2) is 0 Å². The second-order valence-electron chi connectivity index (χ2n) is 3.28. The van der Waals surface area contributed by atoms with Crippen LogP contribution in [0.5, 0.6) is 0 Å². The number of alkyl halides is 3. The summed E-state index contributed by atoms with van der Waals surface area (Å²) in [5, 5.41) is -0.0860. The van der Waals surface area contributed by atoms with Crippen LogP contribution in [0.4, 0.5) is 13.2 Å². The summed E-state index contributed by atoms with van der Waals surface area (Å²) >= 11 is 0. The summed E-state index contributed by atoms with van der Waals surface area (Å²) in [6.45, 7) is 0. The van der Waals surface area contributed by atoms with E-state index in [1.54, 1.807) is 0 Å². The number of hydrogen-bond donors (Lipinski definition) is 1. The van der Waals surface area contributed by atoms with Gasteiger partial charge >= 0.3 is 6.18 Å². The Morgan fingerprint density at radius 2 is 1.81 bits per heavy atom. The fraction of sp³-hybridized carbons (Fsp3) is 0.100. The highest BCUT2D eigenvalue weighted by atomic mass is 19.4. The predicted octanol–water partition coefficient (Wildman–Crippen LogP) is 1.73.